The molecule has 0 aromatic rings. The number of hydrogen-bond acceptors (Lipinski definition) is 2. The maximum Gasteiger partial charge on any atom is 0.389 e. The summed E-state index contributed by atoms with van der Waals surface area (Å²) < 4.78 is 35.6. The highest BCUT2D eigenvalue weighted by atomic mass is 19.4. The fraction of sp³-hybridized carbons (Fsp3) is 1.00. The van der Waals surface area contributed by atoms with Gasteiger partial charge >= 0.3 is 6.18 Å². The Kier molecular flexibility index (Phi) is 4.40. The number of piperidine rings is 1. The highest BCUT2D eigenvalue weighted by Crippen LogP contribution is 2.22. The molecule has 0 saturated carbocycles. The van der Waals surface area contributed by atoms with Crippen molar-refractivity contribution in [3.05, 3.63) is 0 Å². The van der Waals surface area contributed by atoms with Crippen LogP contribution < -0.4 is 0 Å². The summed E-state index contributed by atoms with van der Waals surface area (Å²) in [5, 5.41) is 9.54. The molecule has 5 heteroatoms. The third-order valence-electron chi connectivity index (χ3n) is 2.94. The lowest BCUT2D eigenvalue weighted by molar-refractivity contribution is -0.136. The van der Waals surface area contributed by atoms with E-state index < -0.39 is 12.6 Å². The van der Waals surface area contributed by atoms with E-state index in [-0.39, 0.29) is 18.4 Å². The number of halogens is 3. The lowest BCUT2D eigenvalue weighted by atomic mass is 9.96. The van der Waals surface area contributed by atoms with Gasteiger partial charge in [-0.15, -0.1) is 0 Å². The van der Waals surface area contributed by atoms with Gasteiger partial charge < -0.3 is 10.0 Å². The van der Waals surface area contributed by atoms with Crippen molar-refractivity contribution in [3.63, 3.8) is 0 Å². The molecule has 15 heavy (non-hydrogen) atoms. The van der Waals surface area contributed by atoms with Crippen molar-refractivity contribution in [2.75, 3.05) is 19.6 Å². The van der Waals surface area contributed by atoms with Gasteiger partial charge in [0.15, 0.2) is 0 Å². The molecule has 0 spiro atoms. The molecule has 1 N–H and O–H groups in total. The summed E-state index contributed by atoms with van der Waals surface area (Å²) in [5.74, 6) is 0.267. The third kappa shape index (κ3) is 4.84. The molecule has 2 atom stereocenters. The van der Waals surface area contributed by atoms with Crippen molar-refractivity contribution >= 4 is 0 Å². The molecular weight excluding hydrogens is 207 g/mol. The summed E-state index contributed by atoms with van der Waals surface area (Å²) in [5.41, 5.74) is 0. The van der Waals surface area contributed by atoms with Crippen LogP contribution in [0.5, 0.6) is 0 Å². The largest absolute Gasteiger partial charge is 0.392 e. The molecule has 0 bridgehead atoms. The number of aliphatic hydroxyl groups excluding tert-OH is 1. The first-order valence-electron chi connectivity index (χ1n) is 5.35. The Balaban J connectivity index is 2.17. The van der Waals surface area contributed by atoms with Crippen molar-refractivity contribution in [1.29, 1.82) is 0 Å². The van der Waals surface area contributed by atoms with E-state index in [1.807, 2.05) is 11.8 Å². The van der Waals surface area contributed by atoms with Gasteiger partial charge in [-0.05, 0) is 31.8 Å². The molecule has 0 aromatic heterocycles. The van der Waals surface area contributed by atoms with Gasteiger partial charge in [0.25, 0.3) is 0 Å². The number of nitrogens with zero attached hydrogens (tertiary/aromatic N) is 1. The van der Waals surface area contributed by atoms with Gasteiger partial charge in [-0.3, -0.25) is 0 Å². The summed E-state index contributed by atoms with van der Waals surface area (Å²) in [6, 6.07) is 0. The second-order valence-electron chi connectivity index (χ2n) is 4.35. The number of β-amino-alcohol motifs (C(OH)–C–C–N with tert-alkyl or cyclic N) is 1. The molecule has 0 amide bonds. The number of rotatable bonds is 3. The Morgan fingerprint density at radius 3 is 2.60 bits per heavy atom. The average Bonchev–Trinajstić information content (AvgIpc) is 2.09. The van der Waals surface area contributed by atoms with E-state index in [1.54, 1.807) is 0 Å². The maximum atomic E-state index is 11.9. The van der Waals surface area contributed by atoms with Crippen LogP contribution >= 0.6 is 0 Å². The lowest BCUT2D eigenvalue weighted by Gasteiger charge is -2.34. The van der Waals surface area contributed by atoms with Gasteiger partial charge in [-0.25, -0.2) is 0 Å². The van der Waals surface area contributed by atoms with Gasteiger partial charge in [-0.2, -0.15) is 13.2 Å². The van der Waals surface area contributed by atoms with E-state index in [9.17, 15) is 18.3 Å². The Labute approximate surface area is 88.1 Å². The smallest absolute Gasteiger partial charge is 0.389 e. The first kappa shape index (κ1) is 12.8. The Morgan fingerprint density at radius 1 is 1.40 bits per heavy atom. The van der Waals surface area contributed by atoms with E-state index in [4.69, 9.17) is 0 Å². The Morgan fingerprint density at radius 2 is 2.07 bits per heavy atom. The first-order valence-corrected chi connectivity index (χ1v) is 5.35. The molecule has 2 nitrogen and oxygen atoms in total. The highest BCUT2D eigenvalue weighted by molar-refractivity contribution is 4.77. The van der Waals surface area contributed by atoms with Gasteiger partial charge in [0, 0.05) is 13.0 Å². The van der Waals surface area contributed by atoms with Crippen LogP contribution in [0.25, 0.3) is 0 Å². The second-order valence-corrected chi connectivity index (χ2v) is 4.35. The Hall–Kier alpha value is -0.290. The van der Waals surface area contributed by atoms with Crippen LogP contribution in [0.2, 0.25) is 0 Å². The monoisotopic (exact) mass is 225 g/mol. The molecule has 1 rings (SSSR count). The fourth-order valence-electron chi connectivity index (χ4n) is 1.82. The van der Waals surface area contributed by atoms with Gasteiger partial charge in [0.05, 0.1) is 6.10 Å². The van der Waals surface area contributed by atoms with Crippen LogP contribution in [-0.2, 0) is 0 Å². The highest BCUT2D eigenvalue weighted by Gasteiger charge is 2.28. The maximum absolute atomic E-state index is 11.9. The lowest BCUT2D eigenvalue weighted by Crippen LogP contribution is -2.43. The van der Waals surface area contributed by atoms with E-state index in [0.29, 0.717) is 13.1 Å². The molecule has 1 aliphatic rings. The van der Waals surface area contributed by atoms with Crippen molar-refractivity contribution in [3.8, 4) is 0 Å². The van der Waals surface area contributed by atoms with E-state index in [0.717, 1.165) is 13.0 Å². The minimum absolute atomic E-state index is 0.130. The summed E-state index contributed by atoms with van der Waals surface area (Å²) >= 11 is 0. The van der Waals surface area contributed by atoms with E-state index >= 15 is 0 Å². The van der Waals surface area contributed by atoms with Crippen LogP contribution in [0.3, 0.4) is 0 Å². The molecule has 1 fully saturated rings. The fourth-order valence-corrected chi connectivity index (χ4v) is 1.82. The number of alkyl halides is 3. The zero-order valence-electron chi connectivity index (χ0n) is 8.93. The minimum atomic E-state index is -4.05. The van der Waals surface area contributed by atoms with Crippen molar-refractivity contribution < 1.29 is 18.3 Å². The average molecular weight is 225 g/mol. The zero-order chi connectivity index (χ0) is 11.5. The van der Waals surface area contributed by atoms with E-state index in [1.165, 1.54) is 0 Å². The Bertz CT molecular complexity index is 196. The van der Waals surface area contributed by atoms with Crippen LogP contribution in [0, 0.1) is 5.92 Å². The molecule has 90 valence electrons. The first-order chi connectivity index (χ1) is 6.88. The van der Waals surface area contributed by atoms with E-state index in [2.05, 4.69) is 0 Å². The van der Waals surface area contributed by atoms with Crippen molar-refractivity contribution in [2.24, 2.45) is 5.92 Å². The predicted octanol–water partition coefficient (Wildman–Crippen LogP) is 2.03. The van der Waals surface area contributed by atoms with Crippen molar-refractivity contribution in [2.45, 2.75) is 38.5 Å². The SMILES string of the molecule is CC1CCN(CCCC(F)(F)F)CC1O. The summed E-state index contributed by atoms with van der Waals surface area (Å²) in [6.07, 6.45) is -4.17. The molecule has 0 radical (unpaired) electrons. The molecular formula is C10H18F3NO. The van der Waals surface area contributed by atoms with Gasteiger partial charge in [0.1, 0.15) is 0 Å². The van der Waals surface area contributed by atoms with Gasteiger partial charge in [0.2, 0.25) is 0 Å². The van der Waals surface area contributed by atoms with Crippen LogP contribution in [-0.4, -0.2) is 41.9 Å². The summed E-state index contributed by atoms with van der Waals surface area (Å²) in [4.78, 5) is 1.91. The molecule has 1 saturated heterocycles. The quantitative estimate of drug-likeness (QED) is 0.794. The summed E-state index contributed by atoms with van der Waals surface area (Å²) in [7, 11) is 0. The second kappa shape index (κ2) is 5.16. The standard InChI is InChI=1S/C10H18F3NO/c1-8-3-6-14(7-9(8)15)5-2-4-10(11,12)13/h8-9,15H,2-7H2,1H3. The topological polar surface area (TPSA) is 23.5 Å². The molecule has 1 aliphatic heterocycles. The van der Waals surface area contributed by atoms with Crippen LogP contribution in [0.4, 0.5) is 13.2 Å². The number of hydrogen-bond donors (Lipinski definition) is 1. The molecule has 0 aliphatic carbocycles. The molecule has 2 unspecified atom stereocenters. The summed E-state index contributed by atoms with van der Waals surface area (Å²) in [6.45, 7) is 3.72. The molecule has 1 heterocycles. The number of likely N-dealkylation sites (tertiary alicyclic amines) is 1. The zero-order valence-corrected chi connectivity index (χ0v) is 8.93. The van der Waals surface area contributed by atoms with Crippen LogP contribution in [0.15, 0.2) is 0 Å². The van der Waals surface area contributed by atoms with Crippen LogP contribution in [0.1, 0.15) is 26.2 Å². The van der Waals surface area contributed by atoms with Crippen molar-refractivity contribution in [1.82, 2.24) is 4.90 Å². The molecule has 0 aromatic carbocycles. The van der Waals surface area contributed by atoms with Gasteiger partial charge in [-0.1, -0.05) is 6.92 Å². The number of aliphatic hydroxyl groups is 1. The third-order valence-corrected chi connectivity index (χ3v) is 2.94. The normalized spacial score (nSPS) is 29.4. The predicted molar refractivity (Wildman–Crippen MR) is 51.5 cm³/mol. The minimum Gasteiger partial charge on any atom is -0.392 e.